The lowest BCUT2D eigenvalue weighted by Gasteiger charge is -2.14. The summed E-state index contributed by atoms with van der Waals surface area (Å²) in [6.45, 7) is 1.78. The fourth-order valence-electron chi connectivity index (χ4n) is 2.41. The van der Waals surface area contributed by atoms with E-state index < -0.39 is 0 Å². The van der Waals surface area contributed by atoms with E-state index in [-0.39, 0.29) is 5.60 Å². The van der Waals surface area contributed by atoms with E-state index in [4.69, 9.17) is 9.57 Å². The number of ether oxygens (including phenoxy) is 1. The van der Waals surface area contributed by atoms with Crippen molar-refractivity contribution in [3.05, 3.63) is 0 Å². The third-order valence-electron chi connectivity index (χ3n) is 3.26. The van der Waals surface area contributed by atoms with Gasteiger partial charge in [-0.1, -0.05) is 0 Å². The molecule has 3 heteroatoms. The van der Waals surface area contributed by atoms with Crippen LogP contribution in [0.5, 0.6) is 0 Å². The maximum absolute atomic E-state index is 5.78. The second-order valence-electron chi connectivity index (χ2n) is 3.91. The van der Waals surface area contributed by atoms with Crippen molar-refractivity contribution in [2.24, 2.45) is 5.92 Å². The lowest BCUT2D eigenvalue weighted by molar-refractivity contribution is -0.166. The molecule has 3 rings (SSSR count). The Balaban J connectivity index is 1.91. The van der Waals surface area contributed by atoms with E-state index in [9.17, 15) is 0 Å². The van der Waals surface area contributed by atoms with E-state index in [2.05, 4.69) is 0 Å². The summed E-state index contributed by atoms with van der Waals surface area (Å²) in [4.78, 5) is 5.78. The van der Waals surface area contributed by atoms with Gasteiger partial charge in [-0.25, -0.2) is 0 Å². The summed E-state index contributed by atoms with van der Waals surface area (Å²) < 4.78 is 5.44. The van der Waals surface area contributed by atoms with E-state index in [0.717, 1.165) is 13.2 Å². The van der Waals surface area contributed by atoms with Gasteiger partial charge in [0.25, 0.3) is 0 Å². The highest BCUT2D eigenvalue weighted by Gasteiger charge is 2.62. The zero-order valence-electron chi connectivity index (χ0n) is 6.75. The van der Waals surface area contributed by atoms with Gasteiger partial charge in [0.2, 0.25) is 0 Å². The minimum absolute atomic E-state index is 0.218. The molecule has 0 aromatic heterocycles. The second kappa shape index (κ2) is 1.79. The molecule has 2 aliphatic heterocycles. The Hall–Kier alpha value is -0.120. The molecule has 3 aliphatic rings. The van der Waals surface area contributed by atoms with Crippen LogP contribution in [-0.2, 0) is 9.57 Å². The van der Waals surface area contributed by atoms with Crippen molar-refractivity contribution in [3.8, 4) is 0 Å². The van der Waals surface area contributed by atoms with Crippen molar-refractivity contribution < 1.29 is 9.57 Å². The molecule has 0 unspecified atom stereocenters. The van der Waals surface area contributed by atoms with Crippen molar-refractivity contribution in [2.75, 3.05) is 20.3 Å². The first-order valence-corrected chi connectivity index (χ1v) is 4.32. The summed E-state index contributed by atoms with van der Waals surface area (Å²) >= 11 is 0. The standard InChI is InChI=1S/C8H13NO2/c1-9-7-5-10-4-6(7)8(11-9)2-3-8/h6-7H,2-5H2,1H3/t6-,7+/m0/s1. The summed E-state index contributed by atoms with van der Waals surface area (Å²) in [6.07, 6.45) is 2.48. The van der Waals surface area contributed by atoms with Gasteiger partial charge in [-0.15, -0.1) is 0 Å². The normalized spacial score (nSPS) is 46.6. The minimum atomic E-state index is 0.218. The molecular weight excluding hydrogens is 142 g/mol. The molecule has 3 nitrogen and oxygen atoms in total. The second-order valence-corrected chi connectivity index (χ2v) is 3.91. The van der Waals surface area contributed by atoms with Gasteiger partial charge in [-0.3, -0.25) is 4.84 Å². The van der Waals surface area contributed by atoms with Gasteiger partial charge in [0.1, 0.15) is 0 Å². The quantitative estimate of drug-likeness (QED) is 0.506. The molecule has 3 fully saturated rings. The van der Waals surface area contributed by atoms with Crippen molar-refractivity contribution in [3.63, 3.8) is 0 Å². The molecule has 0 aromatic rings. The molecule has 11 heavy (non-hydrogen) atoms. The predicted octanol–water partition coefficient (Wildman–Crippen LogP) is 0.411. The van der Waals surface area contributed by atoms with E-state index in [1.54, 1.807) is 0 Å². The van der Waals surface area contributed by atoms with Crippen LogP contribution in [0.3, 0.4) is 0 Å². The van der Waals surface area contributed by atoms with Crippen LogP contribution in [0.1, 0.15) is 12.8 Å². The Morgan fingerprint density at radius 2 is 2.18 bits per heavy atom. The number of hydrogen-bond donors (Lipinski definition) is 0. The molecule has 2 saturated heterocycles. The maximum atomic E-state index is 5.78. The monoisotopic (exact) mass is 155 g/mol. The summed E-state index contributed by atoms with van der Waals surface area (Å²) in [5, 5.41) is 2.00. The zero-order chi connectivity index (χ0) is 7.47. The van der Waals surface area contributed by atoms with Gasteiger partial charge in [-0.2, -0.15) is 5.06 Å². The molecule has 0 N–H and O–H groups in total. The van der Waals surface area contributed by atoms with Gasteiger partial charge in [-0.05, 0) is 12.8 Å². The molecule has 1 aliphatic carbocycles. The summed E-state index contributed by atoms with van der Waals surface area (Å²) in [5.74, 6) is 0.660. The molecular formula is C8H13NO2. The third-order valence-corrected chi connectivity index (χ3v) is 3.26. The fraction of sp³-hybridized carbons (Fsp3) is 1.00. The zero-order valence-corrected chi connectivity index (χ0v) is 6.75. The Kier molecular flexibility index (Phi) is 1.04. The van der Waals surface area contributed by atoms with Gasteiger partial charge < -0.3 is 4.74 Å². The molecule has 0 radical (unpaired) electrons. The first-order chi connectivity index (χ1) is 5.32. The van der Waals surface area contributed by atoms with E-state index in [1.807, 2.05) is 12.1 Å². The van der Waals surface area contributed by atoms with E-state index in [1.165, 1.54) is 12.8 Å². The molecule has 0 amide bonds. The van der Waals surface area contributed by atoms with Crippen molar-refractivity contribution in [1.29, 1.82) is 0 Å². The SMILES string of the molecule is CN1OC2(CC2)[C@H]2COC[C@H]21. The van der Waals surface area contributed by atoms with Crippen LogP contribution in [0.2, 0.25) is 0 Å². The summed E-state index contributed by atoms with van der Waals surface area (Å²) in [6, 6.07) is 0.539. The predicted molar refractivity (Wildman–Crippen MR) is 38.9 cm³/mol. The van der Waals surface area contributed by atoms with Crippen LogP contribution in [0.15, 0.2) is 0 Å². The van der Waals surface area contributed by atoms with Crippen molar-refractivity contribution in [1.82, 2.24) is 5.06 Å². The first kappa shape index (κ1) is 6.40. The minimum Gasteiger partial charge on any atom is -0.379 e. The number of hydroxylamine groups is 2. The fourth-order valence-corrected chi connectivity index (χ4v) is 2.41. The Morgan fingerprint density at radius 3 is 2.91 bits per heavy atom. The highest BCUT2D eigenvalue weighted by atomic mass is 16.7. The molecule has 0 bridgehead atoms. The van der Waals surface area contributed by atoms with Gasteiger partial charge in [0.05, 0.1) is 24.9 Å². The highest BCUT2D eigenvalue weighted by Crippen LogP contribution is 2.54. The summed E-state index contributed by atoms with van der Waals surface area (Å²) in [7, 11) is 2.03. The number of hydrogen-bond acceptors (Lipinski definition) is 3. The Bertz CT molecular complexity index is 191. The molecule has 1 saturated carbocycles. The molecule has 2 heterocycles. The number of rotatable bonds is 0. The van der Waals surface area contributed by atoms with Gasteiger partial charge in [0.15, 0.2) is 0 Å². The maximum Gasteiger partial charge on any atom is 0.0968 e. The van der Waals surface area contributed by atoms with Crippen LogP contribution in [-0.4, -0.2) is 37.0 Å². The highest BCUT2D eigenvalue weighted by molar-refractivity contribution is 5.09. The van der Waals surface area contributed by atoms with Crippen molar-refractivity contribution in [2.45, 2.75) is 24.5 Å². The topological polar surface area (TPSA) is 21.7 Å². The smallest absolute Gasteiger partial charge is 0.0968 e. The molecule has 62 valence electrons. The average molecular weight is 155 g/mol. The lowest BCUT2D eigenvalue weighted by Crippen LogP contribution is -2.28. The lowest BCUT2D eigenvalue weighted by atomic mass is 9.97. The van der Waals surface area contributed by atoms with Crippen LogP contribution < -0.4 is 0 Å². The molecule has 0 aromatic carbocycles. The molecule has 1 spiro atoms. The molecule has 2 atom stereocenters. The van der Waals surface area contributed by atoms with Crippen molar-refractivity contribution >= 4 is 0 Å². The Morgan fingerprint density at radius 1 is 1.36 bits per heavy atom. The summed E-state index contributed by atoms with van der Waals surface area (Å²) in [5.41, 5.74) is 0.218. The van der Waals surface area contributed by atoms with Crippen LogP contribution in [0.4, 0.5) is 0 Å². The van der Waals surface area contributed by atoms with E-state index in [0.29, 0.717) is 12.0 Å². The number of nitrogens with zero attached hydrogens (tertiary/aromatic N) is 1. The van der Waals surface area contributed by atoms with Crippen LogP contribution >= 0.6 is 0 Å². The number of fused-ring (bicyclic) bond motifs is 2. The van der Waals surface area contributed by atoms with Crippen LogP contribution in [0, 0.1) is 5.92 Å². The average Bonchev–Trinajstić information content (AvgIpc) is 2.52. The number of likely N-dealkylation sites (N-methyl/N-ethyl adjacent to an activating group) is 1. The third kappa shape index (κ3) is 0.687. The first-order valence-electron chi connectivity index (χ1n) is 4.32. The van der Waals surface area contributed by atoms with Gasteiger partial charge >= 0.3 is 0 Å². The van der Waals surface area contributed by atoms with E-state index >= 15 is 0 Å². The largest absolute Gasteiger partial charge is 0.379 e. The van der Waals surface area contributed by atoms with Crippen LogP contribution in [0.25, 0.3) is 0 Å². The van der Waals surface area contributed by atoms with Gasteiger partial charge in [0, 0.05) is 13.0 Å². The Labute approximate surface area is 66.2 Å².